The molecule has 4 nitrogen and oxygen atoms in total. The second-order valence-corrected chi connectivity index (χ2v) is 6.06. The van der Waals surface area contributed by atoms with E-state index < -0.39 is 12.0 Å². The number of hydrogen-bond donors (Lipinski definition) is 1. The molecule has 1 N–H and O–H groups in total. The number of carboxylic acid groups (broad SMARTS) is 1. The highest BCUT2D eigenvalue weighted by molar-refractivity contribution is 7.17. The van der Waals surface area contributed by atoms with Gasteiger partial charge < -0.3 is 10.0 Å². The molecule has 1 aliphatic heterocycles. The van der Waals surface area contributed by atoms with Gasteiger partial charge in [0.05, 0.1) is 5.56 Å². The number of carbonyl (C=O) groups excluding carboxylic acids is 1. The maximum absolute atomic E-state index is 12.6. The Hall–Kier alpha value is -1.88. The van der Waals surface area contributed by atoms with Crippen LogP contribution in [0, 0.1) is 6.92 Å². The van der Waals surface area contributed by atoms with E-state index in [9.17, 15) is 14.7 Å². The molecule has 2 heterocycles. The van der Waals surface area contributed by atoms with Crippen molar-refractivity contribution < 1.29 is 14.7 Å². The van der Waals surface area contributed by atoms with Crippen LogP contribution in [0.25, 0.3) is 10.1 Å². The lowest BCUT2D eigenvalue weighted by molar-refractivity contribution is -0.141. The average molecular weight is 289 g/mol. The third kappa shape index (κ3) is 2.08. The van der Waals surface area contributed by atoms with Gasteiger partial charge in [-0.1, -0.05) is 12.1 Å². The molecular formula is C15H15NO3S. The zero-order valence-electron chi connectivity index (χ0n) is 11.1. The number of carbonyl (C=O) groups is 2. The maximum atomic E-state index is 12.6. The highest BCUT2D eigenvalue weighted by Crippen LogP contribution is 2.30. The number of aryl methyl sites for hydroxylation is 1. The van der Waals surface area contributed by atoms with Crippen LogP contribution in [0.2, 0.25) is 0 Å². The minimum absolute atomic E-state index is 0.162. The predicted octanol–water partition coefficient (Wildman–Crippen LogP) is 2.90. The van der Waals surface area contributed by atoms with Gasteiger partial charge in [0.2, 0.25) is 0 Å². The van der Waals surface area contributed by atoms with Crippen molar-refractivity contribution in [2.75, 3.05) is 6.54 Å². The summed E-state index contributed by atoms with van der Waals surface area (Å²) in [7, 11) is 0. The number of aliphatic carboxylic acids is 1. The largest absolute Gasteiger partial charge is 0.480 e. The van der Waals surface area contributed by atoms with E-state index in [1.165, 1.54) is 16.2 Å². The average Bonchev–Trinajstić information content (AvgIpc) is 3.03. The highest BCUT2D eigenvalue weighted by Gasteiger charge is 2.35. The first-order chi connectivity index (χ1) is 9.58. The van der Waals surface area contributed by atoms with E-state index >= 15 is 0 Å². The molecule has 1 unspecified atom stereocenters. The van der Waals surface area contributed by atoms with Crippen LogP contribution >= 0.6 is 11.3 Å². The Morgan fingerprint density at radius 3 is 2.95 bits per heavy atom. The van der Waals surface area contributed by atoms with Crippen LogP contribution in [0.5, 0.6) is 0 Å². The first kappa shape index (κ1) is 13.1. The summed E-state index contributed by atoms with van der Waals surface area (Å²) >= 11 is 1.53. The number of thiophene rings is 1. The van der Waals surface area contributed by atoms with Crippen molar-refractivity contribution >= 4 is 33.3 Å². The lowest BCUT2D eigenvalue weighted by Gasteiger charge is -2.21. The molecule has 3 rings (SSSR count). The van der Waals surface area contributed by atoms with Crippen LogP contribution in [0.15, 0.2) is 23.6 Å². The van der Waals surface area contributed by atoms with Crippen LogP contribution in [0.4, 0.5) is 0 Å². The Kier molecular flexibility index (Phi) is 3.22. The normalized spacial score (nSPS) is 18.6. The topological polar surface area (TPSA) is 57.6 Å². The third-order valence-electron chi connectivity index (χ3n) is 3.76. The third-order valence-corrected chi connectivity index (χ3v) is 4.71. The van der Waals surface area contributed by atoms with E-state index in [1.807, 2.05) is 24.4 Å². The van der Waals surface area contributed by atoms with E-state index in [2.05, 4.69) is 6.07 Å². The molecule has 0 spiro atoms. The van der Waals surface area contributed by atoms with Crippen LogP contribution in [-0.2, 0) is 4.79 Å². The van der Waals surface area contributed by atoms with Gasteiger partial charge in [0, 0.05) is 22.0 Å². The molecule has 20 heavy (non-hydrogen) atoms. The Labute approximate surface area is 120 Å². The zero-order valence-corrected chi connectivity index (χ0v) is 11.9. The fourth-order valence-electron chi connectivity index (χ4n) is 2.72. The molecule has 2 aromatic rings. The van der Waals surface area contributed by atoms with E-state index in [-0.39, 0.29) is 5.91 Å². The number of nitrogens with zero attached hydrogens (tertiary/aromatic N) is 1. The number of benzene rings is 1. The van der Waals surface area contributed by atoms with Gasteiger partial charge in [0.1, 0.15) is 6.04 Å². The fourth-order valence-corrected chi connectivity index (χ4v) is 3.75. The Bertz CT molecular complexity index is 691. The van der Waals surface area contributed by atoms with Crippen molar-refractivity contribution in [1.82, 2.24) is 4.90 Å². The van der Waals surface area contributed by atoms with E-state index in [4.69, 9.17) is 0 Å². The van der Waals surface area contributed by atoms with Gasteiger partial charge in [-0.2, -0.15) is 0 Å². The molecule has 104 valence electrons. The summed E-state index contributed by atoms with van der Waals surface area (Å²) in [6.45, 7) is 2.54. The number of carboxylic acids is 1. The fraction of sp³-hybridized carbons (Fsp3) is 0.333. The number of fused-ring (bicyclic) bond motifs is 1. The van der Waals surface area contributed by atoms with Crippen LogP contribution < -0.4 is 0 Å². The van der Waals surface area contributed by atoms with Gasteiger partial charge in [-0.15, -0.1) is 11.3 Å². The van der Waals surface area contributed by atoms with Gasteiger partial charge in [-0.25, -0.2) is 4.79 Å². The Morgan fingerprint density at radius 1 is 1.40 bits per heavy atom. The summed E-state index contributed by atoms with van der Waals surface area (Å²) in [5.74, 6) is -1.07. The molecular weight excluding hydrogens is 274 g/mol. The smallest absolute Gasteiger partial charge is 0.326 e. The van der Waals surface area contributed by atoms with E-state index in [0.717, 1.165) is 22.1 Å². The van der Waals surface area contributed by atoms with Gasteiger partial charge in [0.25, 0.3) is 5.91 Å². The quantitative estimate of drug-likeness (QED) is 0.924. The first-order valence-corrected chi connectivity index (χ1v) is 7.47. The summed E-state index contributed by atoms with van der Waals surface area (Å²) in [6.07, 6.45) is 1.30. The summed E-state index contributed by atoms with van der Waals surface area (Å²) in [5, 5.41) is 11.9. The highest BCUT2D eigenvalue weighted by atomic mass is 32.1. The minimum Gasteiger partial charge on any atom is -0.480 e. The molecule has 1 atom stereocenters. The van der Waals surface area contributed by atoms with Gasteiger partial charge in [-0.3, -0.25) is 4.79 Å². The summed E-state index contributed by atoms with van der Waals surface area (Å²) in [5.41, 5.74) is 1.78. The van der Waals surface area contributed by atoms with Crippen molar-refractivity contribution in [3.05, 3.63) is 34.7 Å². The van der Waals surface area contributed by atoms with Crippen molar-refractivity contribution in [3.8, 4) is 0 Å². The van der Waals surface area contributed by atoms with Crippen LogP contribution in [-0.4, -0.2) is 34.5 Å². The molecule has 1 aromatic carbocycles. The predicted molar refractivity (Wildman–Crippen MR) is 78.3 cm³/mol. The lowest BCUT2D eigenvalue weighted by Crippen LogP contribution is -2.40. The molecule has 5 heteroatoms. The molecule has 1 fully saturated rings. The molecule has 1 aromatic heterocycles. The van der Waals surface area contributed by atoms with Crippen LogP contribution in [0.3, 0.4) is 0 Å². The van der Waals surface area contributed by atoms with Gasteiger partial charge in [-0.05, 0) is 31.4 Å². The molecule has 0 radical (unpaired) electrons. The van der Waals surface area contributed by atoms with E-state index in [1.54, 1.807) is 0 Å². The summed E-state index contributed by atoms with van der Waals surface area (Å²) < 4.78 is 1.07. The molecule has 0 aliphatic carbocycles. The lowest BCUT2D eigenvalue weighted by atomic mass is 10.1. The molecule has 1 aliphatic rings. The second-order valence-electron chi connectivity index (χ2n) is 5.14. The second kappa shape index (κ2) is 4.90. The number of rotatable bonds is 2. The maximum Gasteiger partial charge on any atom is 0.326 e. The summed E-state index contributed by atoms with van der Waals surface area (Å²) in [6, 6.07) is 5.29. The van der Waals surface area contributed by atoms with Crippen molar-refractivity contribution in [2.45, 2.75) is 25.8 Å². The van der Waals surface area contributed by atoms with Crippen LogP contribution in [0.1, 0.15) is 28.8 Å². The summed E-state index contributed by atoms with van der Waals surface area (Å²) in [4.78, 5) is 25.3. The number of likely N-dealkylation sites (tertiary alicyclic amines) is 1. The van der Waals surface area contributed by atoms with Gasteiger partial charge in [0.15, 0.2) is 0 Å². The standard InChI is InChI=1S/C15H15NO3S/c1-9-4-5-10-11(8-20-13(10)7-9)14(17)16-6-2-3-12(16)15(18)19/h4-5,7-8,12H,2-3,6H2,1H3,(H,18,19). The van der Waals surface area contributed by atoms with Gasteiger partial charge >= 0.3 is 5.97 Å². The van der Waals surface area contributed by atoms with E-state index in [0.29, 0.717) is 18.5 Å². The van der Waals surface area contributed by atoms with Crippen molar-refractivity contribution in [1.29, 1.82) is 0 Å². The van der Waals surface area contributed by atoms with Crippen molar-refractivity contribution in [3.63, 3.8) is 0 Å². The minimum atomic E-state index is -0.911. The van der Waals surface area contributed by atoms with Crippen molar-refractivity contribution in [2.24, 2.45) is 0 Å². The Balaban J connectivity index is 1.98. The first-order valence-electron chi connectivity index (χ1n) is 6.59. The number of amides is 1. The monoisotopic (exact) mass is 289 g/mol. The Morgan fingerprint density at radius 2 is 2.20 bits per heavy atom. The number of hydrogen-bond acceptors (Lipinski definition) is 3. The zero-order chi connectivity index (χ0) is 14.3. The molecule has 1 saturated heterocycles. The SMILES string of the molecule is Cc1ccc2c(C(=O)N3CCCC3C(=O)O)csc2c1. The molecule has 0 saturated carbocycles. The molecule has 0 bridgehead atoms. The molecule has 1 amide bonds.